The van der Waals surface area contributed by atoms with Crippen molar-refractivity contribution in [1.29, 1.82) is 0 Å². The third kappa shape index (κ3) is 9.49. The van der Waals surface area contributed by atoms with Gasteiger partial charge in [0.1, 0.15) is 18.1 Å². The second kappa shape index (κ2) is 15.0. The van der Waals surface area contributed by atoms with Crippen molar-refractivity contribution >= 4 is 29.7 Å². The van der Waals surface area contributed by atoms with Crippen molar-refractivity contribution in [2.75, 3.05) is 26.2 Å². The zero-order valence-electron chi connectivity index (χ0n) is 19.3. The van der Waals surface area contributed by atoms with E-state index in [1.807, 2.05) is 0 Å². The van der Waals surface area contributed by atoms with E-state index >= 15 is 0 Å². The van der Waals surface area contributed by atoms with Crippen LogP contribution in [0.25, 0.3) is 0 Å². The maximum atomic E-state index is 13.0. The number of aliphatic hydroxyl groups is 1. The Morgan fingerprint density at radius 2 is 1.76 bits per heavy atom. The number of guanidine groups is 1. The lowest BCUT2D eigenvalue weighted by Gasteiger charge is -2.28. The molecule has 0 radical (unpaired) electrons. The lowest BCUT2D eigenvalue weighted by molar-refractivity contribution is -0.144. The molecule has 14 heteroatoms. The highest BCUT2D eigenvalue weighted by molar-refractivity contribution is 5.94. The second-order valence-corrected chi connectivity index (χ2v) is 8.17. The number of aliphatic carboxylic acids is 1. The van der Waals surface area contributed by atoms with Gasteiger partial charge in [0.2, 0.25) is 17.7 Å². The van der Waals surface area contributed by atoms with Crippen molar-refractivity contribution in [2.24, 2.45) is 27.9 Å². The van der Waals surface area contributed by atoms with Crippen LogP contribution in [0.15, 0.2) is 4.99 Å². The summed E-state index contributed by atoms with van der Waals surface area (Å²) in [5.74, 6) is -3.21. The third-order valence-corrected chi connectivity index (χ3v) is 5.50. The Labute approximate surface area is 198 Å². The molecule has 4 unspecified atom stereocenters. The zero-order chi connectivity index (χ0) is 25.7. The van der Waals surface area contributed by atoms with Crippen LogP contribution in [-0.2, 0) is 19.2 Å². The summed E-state index contributed by atoms with van der Waals surface area (Å²) in [4.78, 5) is 54.9. The number of carbonyl (C=O) groups is 4. The van der Waals surface area contributed by atoms with Crippen molar-refractivity contribution in [3.63, 3.8) is 0 Å². The number of unbranched alkanes of at least 4 members (excludes halogenated alkanes) is 1. The number of amides is 3. The SMILES string of the molecule is NCCCCC(N)C(=O)N1CCCC1C(=O)NC(CCCN=C(N)N)C(=O)NC(CO)C(=O)O. The predicted octanol–water partition coefficient (Wildman–Crippen LogP) is -3.47. The Bertz CT molecular complexity index is 730. The van der Waals surface area contributed by atoms with Crippen LogP contribution in [0.4, 0.5) is 0 Å². The number of hydrogen-bond acceptors (Lipinski definition) is 8. The molecule has 1 fully saturated rings. The fourth-order valence-corrected chi connectivity index (χ4v) is 3.65. The number of likely N-dealkylation sites (tertiary alicyclic amines) is 1. The summed E-state index contributed by atoms with van der Waals surface area (Å²) in [6, 6.07) is -4.19. The summed E-state index contributed by atoms with van der Waals surface area (Å²) in [5.41, 5.74) is 22.1. The molecule has 1 aliphatic heterocycles. The van der Waals surface area contributed by atoms with E-state index in [9.17, 15) is 24.3 Å². The van der Waals surface area contributed by atoms with E-state index in [-0.39, 0.29) is 24.8 Å². The van der Waals surface area contributed by atoms with Gasteiger partial charge in [0.05, 0.1) is 12.6 Å². The molecule has 14 nitrogen and oxygen atoms in total. The van der Waals surface area contributed by atoms with E-state index in [0.717, 1.165) is 6.42 Å². The minimum absolute atomic E-state index is 0.103. The number of carbonyl (C=O) groups excluding carboxylic acids is 3. The van der Waals surface area contributed by atoms with Crippen LogP contribution in [0.1, 0.15) is 44.9 Å². The van der Waals surface area contributed by atoms with Crippen molar-refractivity contribution < 1.29 is 29.4 Å². The Morgan fingerprint density at radius 1 is 1.06 bits per heavy atom. The Balaban J connectivity index is 2.87. The number of aliphatic imine (C=N–C) groups is 1. The van der Waals surface area contributed by atoms with Gasteiger partial charge in [-0.3, -0.25) is 19.4 Å². The molecule has 0 spiro atoms. The first-order chi connectivity index (χ1) is 16.1. The molecule has 1 saturated heterocycles. The topological polar surface area (TPSA) is 252 Å². The summed E-state index contributed by atoms with van der Waals surface area (Å²) in [5, 5.41) is 23.1. The minimum Gasteiger partial charge on any atom is -0.480 e. The normalized spacial score (nSPS) is 18.0. The van der Waals surface area contributed by atoms with E-state index in [1.54, 1.807) is 0 Å². The zero-order valence-corrected chi connectivity index (χ0v) is 19.3. The molecule has 1 heterocycles. The fraction of sp³-hybridized carbons (Fsp3) is 0.750. The summed E-state index contributed by atoms with van der Waals surface area (Å²) < 4.78 is 0. The lowest BCUT2D eigenvalue weighted by Crippen LogP contribution is -2.57. The fourth-order valence-electron chi connectivity index (χ4n) is 3.65. The van der Waals surface area contributed by atoms with E-state index in [2.05, 4.69) is 15.6 Å². The van der Waals surface area contributed by atoms with Gasteiger partial charge in [-0.15, -0.1) is 0 Å². The molecule has 0 aromatic heterocycles. The van der Waals surface area contributed by atoms with Gasteiger partial charge in [-0.1, -0.05) is 6.42 Å². The second-order valence-electron chi connectivity index (χ2n) is 8.17. The molecule has 194 valence electrons. The van der Waals surface area contributed by atoms with Gasteiger partial charge in [0.15, 0.2) is 5.96 Å². The molecular weight excluding hydrogens is 448 g/mol. The first-order valence-electron chi connectivity index (χ1n) is 11.4. The van der Waals surface area contributed by atoms with Crippen LogP contribution >= 0.6 is 0 Å². The van der Waals surface area contributed by atoms with Gasteiger partial charge in [-0.25, -0.2) is 4.79 Å². The smallest absolute Gasteiger partial charge is 0.328 e. The first-order valence-corrected chi connectivity index (χ1v) is 11.4. The van der Waals surface area contributed by atoms with E-state index in [4.69, 9.17) is 28.0 Å². The molecule has 0 aliphatic carbocycles. The molecule has 0 aromatic carbocycles. The maximum absolute atomic E-state index is 13.0. The Morgan fingerprint density at radius 3 is 2.35 bits per heavy atom. The molecule has 3 amide bonds. The molecule has 12 N–H and O–H groups in total. The number of rotatable bonds is 15. The van der Waals surface area contributed by atoms with Crippen molar-refractivity contribution in [3.8, 4) is 0 Å². The highest BCUT2D eigenvalue weighted by Gasteiger charge is 2.37. The van der Waals surface area contributed by atoms with Gasteiger partial charge < -0.3 is 48.7 Å². The molecule has 0 aromatic rings. The van der Waals surface area contributed by atoms with Crippen LogP contribution in [0, 0.1) is 0 Å². The predicted molar refractivity (Wildman–Crippen MR) is 124 cm³/mol. The van der Waals surface area contributed by atoms with Crippen LogP contribution in [0.3, 0.4) is 0 Å². The quantitative estimate of drug-likeness (QED) is 0.0644. The van der Waals surface area contributed by atoms with Gasteiger partial charge in [-0.05, 0) is 45.1 Å². The van der Waals surface area contributed by atoms with Crippen molar-refractivity contribution in [1.82, 2.24) is 15.5 Å². The third-order valence-electron chi connectivity index (χ3n) is 5.50. The number of carboxylic acid groups (broad SMARTS) is 1. The molecule has 0 bridgehead atoms. The van der Waals surface area contributed by atoms with Gasteiger partial charge in [-0.2, -0.15) is 0 Å². The minimum atomic E-state index is -1.53. The molecule has 34 heavy (non-hydrogen) atoms. The number of aliphatic hydroxyl groups excluding tert-OH is 1. The van der Waals surface area contributed by atoms with Gasteiger partial charge >= 0.3 is 5.97 Å². The number of hydrogen-bond donors (Lipinski definition) is 8. The highest BCUT2D eigenvalue weighted by Crippen LogP contribution is 2.20. The van der Waals surface area contributed by atoms with E-state index in [0.29, 0.717) is 45.2 Å². The largest absolute Gasteiger partial charge is 0.480 e. The number of nitrogens with one attached hydrogen (secondary N) is 2. The first kappa shape index (κ1) is 29.1. The van der Waals surface area contributed by atoms with Gasteiger partial charge in [0, 0.05) is 13.1 Å². The molecule has 0 saturated carbocycles. The van der Waals surface area contributed by atoms with Crippen LogP contribution in [0.2, 0.25) is 0 Å². The van der Waals surface area contributed by atoms with Gasteiger partial charge in [0.25, 0.3) is 0 Å². The summed E-state index contributed by atoms with van der Waals surface area (Å²) in [6.45, 7) is 0.245. The average Bonchev–Trinajstić information content (AvgIpc) is 3.28. The van der Waals surface area contributed by atoms with E-state index < -0.39 is 48.6 Å². The lowest BCUT2D eigenvalue weighted by atomic mass is 10.1. The molecule has 1 aliphatic rings. The van der Waals surface area contributed by atoms with Crippen molar-refractivity contribution in [3.05, 3.63) is 0 Å². The molecule has 4 atom stereocenters. The Kier molecular flexibility index (Phi) is 12.8. The maximum Gasteiger partial charge on any atom is 0.328 e. The Hall–Kier alpha value is -2.97. The highest BCUT2D eigenvalue weighted by atomic mass is 16.4. The van der Waals surface area contributed by atoms with Crippen LogP contribution < -0.4 is 33.6 Å². The van der Waals surface area contributed by atoms with E-state index in [1.165, 1.54) is 4.90 Å². The summed E-state index contributed by atoms with van der Waals surface area (Å²) >= 11 is 0. The summed E-state index contributed by atoms with van der Waals surface area (Å²) in [6.07, 6.45) is 3.32. The summed E-state index contributed by atoms with van der Waals surface area (Å²) in [7, 11) is 0. The average molecular weight is 487 g/mol. The number of nitrogens with two attached hydrogens (primary N) is 4. The monoisotopic (exact) mass is 486 g/mol. The molecular formula is C20H38N8O6. The van der Waals surface area contributed by atoms with Crippen LogP contribution in [0.5, 0.6) is 0 Å². The number of carboxylic acids is 1. The molecule has 1 rings (SSSR count). The number of nitrogens with zero attached hydrogens (tertiary/aromatic N) is 2. The standard InChI is InChI=1S/C20H38N8O6/c21-8-2-1-5-12(22)18(32)28-10-4-7-15(28)17(31)26-13(6-3-9-25-20(23)24)16(30)27-14(11-29)19(33)34/h12-15,29H,1-11,21-22H2,(H,26,31)(H,27,30)(H,33,34)(H4,23,24,25). The van der Waals surface area contributed by atoms with Crippen molar-refractivity contribution in [2.45, 2.75) is 69.1 Å². The van der Waals surface area contributed by atoms with Crippen LogP contribution in [-0.4, -0.2) is 95.2 Å².